The molecule has 1 rings (SSSR count). The van der Waals surface area contributed by atoms with E-state index < -0.39 is 0 Å². The summed E-state index contributed by atoms with van der Waals surface area (Å²) < 4.78 is 0. The SMILES string of the molecule is O=[C]CCCCCCCCCCCCCc1cccs1. The molecule has 0 aliphatic rings. The fourth-order valence-electron chi connectivity index (χ4n) is 2.54. The predicted molar refractivity (Wildman–Crippen MR) is 89.1 cm³/mol. The van der Waals surface area contributed by atoms with E-state index in [-0.39, 0.29) is 0 Å². The number of carbonyl (C=O) groups excluding carboxylic acids is 1. The zero-order chi connectivity index (χ0) is 14.3. The molecule has 0 atom stereocenters. The van der Waals surface area contributed by atoms with Crippen LogP contribution in [0, 0.1) is 0 Å². The van der Waals surface area contributed by atoms with Gasteiger partial charge in [0.05, 0.1) is 0 Å². The third-order valence-electron chi connectivity index (χ3n) is 3.78. The van der Waals surface area contributed by atoms with Crippen LogP contribution in [0.25, 0.3) is 0 Å². The van der Waals surface area contributed by atoms with Gasteiger partial charge in [0.15, 0.2) is 6.29 Å². The normalized spacial score (nSPS) is 10.8. The summed E-state index contributed by atoms with van der Waals surface area (Å²) in [5, 5.41) is 2.17. The molecule has 0 saturated carbocycles. The molecule has 0 aliphatic carbocycles. The molecule has 1 heterocycles. The van der Waals surface area contributed by atoms with Gasteiger partial charge in [0, 0.05) is 11.3 Å². The molecule has 113 valence electrons. The summed E-state index contributed by atoms with van der Waals surface area (Å²) in [6, 6.07) is 4.40. The molecule has 0 unspecified atom stereocenters. The molecule has 0 spiro atoms. The molecule has 1 aromatic heterocycles. The Hall–Kier alpha value is -0.630. The van der Waals surface area contributed by atoms with Crippen LogP contribution in [0.4, 0.5) is 0 Å². The van der Waals surface area contributed by atoms with E-state index in [4.69, 9.17) is 0 Å². The highest BCUT2D eigenvalue weighted by Gasteiger charge is 1.95. The standard InChI is InChI=1S/C18H29OS/c19-16-12-10-8-6-4-2-1-3-5-7-9-11-14-18-15-13-17-20-18/h13,15,17H,1-12,14H2. The molecule has 1 aromatic rings. The second kappa shape index (κ2) is 13.4. The lowest BCUT2D eigenvalue weighted by atomic mass is 10.0. The van der Waals surface area contributed by atoms with Gasteiger partial charge in [-0.25, -0.2) is 0 Å². The van der Waals surface area contributed by atoms with Crippen molar-refractivity contribution in [3.8, 4) is 0 Å². The Bertz CT molecular complexity index is 305. The van der Waals surface area contributed by atoms with Gasteiger partial charge in [0.1, 0.15) is 0 Å². The Morgan fingerprint density at radius 1 is 0.800 bits per heavy atom. The van der Waals surface area contributed by atoms with Crippen LogP contribution in [-0.2, 0) is 11.2 Å². The van der Waals surface area contributed by atoms with Gasteiger partial charge in [-0.05, 0) is 30.7 Å². The Morgan fingerprint density at radius 2 is 1.35 bits per heavy atom. The van der Waals surface area contributed by atoms with Crippen molar-refractivity contribution in [2.24, 2.45) is 0 Å². The molecule has 0 bridgehead atoms. The molecular weight excluding hydrogens is 264 g/mol. The molecule has 0 aliphatic heterocycles. The Morgan fingerprint density at radius 3 is 1.85 bits per heavy atom. The molecule has 0 amide bonds. The minimum absolute atomic E-state index is 0.630. The molecule has 20 heavy (non-hydrogen) atoms. The van der Waals surface area contributed by atoms with E-state index >= 15 is 0 Å². The van der Waals surface area contributed by atoms with Crippen LogP contribution in [-0.4, -0.2) is 6.29 Å². The van der Waals surface area contributed by atoms with E-state index in [1.54, 1.807) is 0 Å². The molecule has 0 fully saturated rings. The smallest absolute Gasteiger partial charge is 0.198 e. The third-order valence-corrected chi connectivity index (χ3v) is 4.72. The van der Waals surface area contributed by atoms with Crippen molar-refractivity contribution in [3.63, 3.8) is 0 Å². The first kappa shape index (κ1) is 17.4. The molecular formula is C18H29OS. The summed E-state index contributed by atoms with van der Waals surface area (Å²) in [4.78, 5) is 11.6. The topological polar surface area (TPSA) is 17.1 Å². The Kier molecular flexibility index (Phi) is 11.6. The van der Waals surface area contributed by atoms with Gasteiger partial charge in [-0.2, -0.15) is 0 Å². The number of hydrogen-bond donors (Lipinski definition) is 0. The van der Waals surface area contributed by atoms with Crippen molar-refractivity contribution < 1.29 is 4.79 Å². The van der Waals surface area contributed by atoms with E-state index in [0.29, 0.717) is 6.42 Å². The van der Waals surface area contributed by atoms with Crippen LogP contribution in [0.2, 0.25) is 0 Å². The summed E-state index contributed by atoms with van der Waals surface area (Å²) in [6.45, 7) is 0. The molecule has 0 saturated heterocycles. The maximum Gasteiger partial charge on any atom is 0.198 e. The van der Waals surface area contributed by atoms with Gasteiger partial charge in [0.2, 0.25) is 0 Å². The summed E-state index contributed by atoms with van der Waals surface area (Å²) >= 11 is 1.89. The summed E-state index contributed by atoms with van der Waals surface area (Å²) in [6.07, 6.45) is 18.5. The fourth-order valence-corrected chi connectivity index (χ4v) is 3.29. The second-order valence-corrected chi connectivity index (χ2v) is 6.65. The maximum absolute atomic E-state index is 10.0. The third kappa shape index (κ3) is 10.2. The number of thiophene rings is 1. The molecule has 2 heteroatoms. The van der Waals surface area contributed by atoms with E-state index in [1.807, 2.05) is 17.6 Å². The molecule has 0 aromatic carbocycles. The van der Waals surface area contributed by atoms with Crippen LogP contribution in [0.1, 0.15) is 81.9 Å². The van der Waals surface area contributed by atoms with E-state index in [9.17, 15) is 4.79 Å². The van der Waals surface area contributed by atoms with Crippen LogP contribution in [0.15, 0.2) is 17.5 Å². The average molecular weight is 293 g/mol. The summed E-state index contributed by atoms with van der Waals surface area (Å²) in [5.41, 5.74) is 0. The van der Waals surface area contributed by atoms with Crippen LogP contribution < -0.4 is 0 Å². The zero-order valence-electron chi connectivity index (χ0n) is 12.7. The molecule has 0 N–H and O–H groups in total. The van der Waals surface area contributed by atoms with Crippen molar-refractivity contribution >= 4 is 17.6 Å². The Labute approximate surface area is 128 Å². The lowest BCUT2D eigenvalue weighted by Crippen LogP contribution is -1.84. The Balaban J connectivity index is 1.71. The minimum Gasteiger partial charge on any atom is -0.291 e. The van der Waals surface area contributed by atoms with E-state index in [2.05, 4.69) is 17.5 Å². The van der Waals surface area contributed by atoms with Gasteiger partial charge in [-0.3, -0.25) is 4.79 Å². The fraction of sp³-hybridized carbons (Fsp3) is 0.722. The number of hydrogen-bond acceptors (Lipinski definition) is 2. The minimum atomic E-state index is 0.630. The lowest BCUT2D eigenvalue weighted by molar-refractivity contribution is 0.533. The predicted octanol–water partition coefficient (Wildman–Crippen LogP) is 6.08. The number of unbranched alkanes of at least 4 members (excludes halogenated alkanes) is 11. The van der Waals surface area contributed by atoms with Gasteiger partial charge in [-0.15, -0.1) is 11.3 Å². The quantitative estimate of drug-likeness (QED) is 0.380. The van der Waals surface area contributed by atoms with Crippen LogP contribution in [0.5, 0.6) is 0 Å². The maximum atomic E-state index is 10.0. The van der Waals surface area contributed by atoms with Crippen LogP contribution >= 0.6 is 11.3 Å². The van der Waals surface area contributed by atoms with Crippen molar-refractivity contribution in [1.29, 1.82) is 0 Å². The summed E-state index contributed by atoms with van der Waals surface area (Å²) in [5.74, 6) is 0. The first-order chi connectivity index (χ1) is 9.93. The average Bonchev–Trinajstić information content (AvgIpc) is 2.97. The number of aryl methyl sites for hydroxylation is 1. The second-order valence-electron chi connectivity index (χ2n) is 5.61. The largest absolute Gasteiger partial charge is 0.291 e. The monoisotopic (exact) mass is 293 g/mol. The highest BCUT2D eigenvalue weighted by molar-refractivity contribution is 7.09. The zero-order valence-corrected chi connectivity index (χ0v) is 13.6. The van der Waals surface area contributed by atoms with Crippen molar-refractivity contribution in [3.05, 3.63) is 22.4 Å². The highest BCUT2D eigenvalue weighted by Crippen LogP contribution is 2.15. The lowest BCUT2D eigenvalue weighted by Gasteiger charge is -2.02. The van der Waals surface area contributed by atoms with Gasteiger partial charge in [-0.1, -0.05) is 63.9 Å². The highest BCUT2D eigenvalue weighted by atomic mass is 32.1. The van der Waals surface area contributed by atoms with Crippen LogP contribution in [0.3, 0.4) is 0 Å². The molecule has 1 nitrogen and oxygen atoms in total. The van der Waals surface area contributed by atoms with Gasteiger partial charge < -0.3 is 0 Å². The van der Waals surface area contributed by atoms with Gasteiger partial charge in [0.25, 0.3) is 0 Å². The van der Waals surface area contributed by atoms with E-state index in [1.165, 1.54) is 75.5 Å². The summed E-state index contributed by atoms with van der Waals surface area (Å²) in [7, 11) is 0. The first-order valence-corrected chi connectivity index (χ1v) is 9.19. The number of rotatable bonds is 14. The van der Waals surface area contributed by atoms with Crippen molar-refractivity contribution in [2.75, 3.05) is 0 Å². The van der Waals surface area contributed by atoms with Gasteiger partial charge >= 0.3 is 0 Å². The first-order valence-electron chi connectivity index (χ1n) is 8.31. The van der Waals surface area contributed by atoms with Crippen molar-refractivity contribution in [2.45, 2.75) is 83.5 Å². The molecule has 1 radical (unpaired) electrons. The van der Waals surface area contributed by atoms with E-state index in [0.717, 1.165) is 6.42 Å². The van der Waals surface area contributed by atoms with Crippen molar-refractivity contribution in [1.82, 2.24) is 0 Å².